The number of hydrogen-bond acceptors (Lipinski definition) is 2. The quantitative estimate of drug-likeness (QED) is 0.653. The number of aryl methyl sites for hydroxylation is 1. The Labute approximate surface area is 76.5 Å². The number of fused-ring (bicyclic) bond motifs is 1. The van der Waals surface area contributed by atoms with E-state index in [0.29, 0.717) is 0 Å². The van der Waals surface area contributed by atoms with Crippen LogP contribution in [0.15, 0.2) is 18.2 Å². The fraction of sp³-hybridized carbons (Fsp3) is 0.200. The summed E-state index contributed by atoms with van der Waals surface area (Å²) < 4.78 is 5.12. The van der Waals surface area contributed by atoms with Crippen LogP contribution in [0.3, 0.4) is 0 Å². The molecule has 1 aromatic heterocycles. The highest BCUT2D eigenvalue weighted by Crippen LogP contribution is 2.27. The van der Waals surface area contributed by atoms with Crippen molar-refractivity contribution in [2.75, 3.05) is 12.8 Å². The summed E-state index contributed by atoms with van der Waals surface area (Å²) in [6, 6.07) is 5.84. The van der Waals surface area contributed by atoms with Crippen molar-refractivity contribution in [2.24, 2.45) is 0 Å². The van der Waals surface area contributed by atoms with Crippen LogP contribution in [0.5, 0.6) is 5.75 Å². The molecule has 3 N–H and O–H groups in total. The van der Waals surface area contributed by atoms with Crippen LogP contribution in [0.25, 0.3) is 10.9 Å². The molecule has 13 heavy (non-hydrogen) atoms. The Balaban J connectivity index is 2.75. The summed E-state index contributed by atoms with van der Waals surface area (Å²) in [5.74, 6) is 0.795. The lowest BCUT2D eigenvalue weighted by Gasteiger charge is -2.01. The summed E-state index contributed by atoms with van der Waals surface area (Å²) >= 11 is 0. The SMILES string of the molecule is COc1cc(N)c2[nH]c(C)cc2c1. The number of aromatic amines is 1. The molecule has 0 saturated heterocycles. The molecule has 0 atom stereocenters. The van der Waals surface area contributed by atoms with Gasteiger partial charge in [0.15, 0.2) is 0 Å². The van der Waals surface area contributed by atoms with E-state index in [1.807, 2.05) is 25.1 Å². The van der Waals surface area contributed by atoms with Gasteiger partial charge in [-0.05, 0) is 19.1 Å². The summed E-state index contributed by atoms with van der Waals surface area (Å²) in [5, 5.41) is 1.09. The first kappa shape index (κ1) is 7.98. The Hall–Kier alpha value is -1.64. The van der Waals surface area contributed by atoms with Crippen LogP contribution in [0.4, 0.5) is 5.69 Å². The number of aromatic nitrogens is 1. The molecule has 0 aliphatic rings. The Bertz CT molecular complexity index is 445. The lowest BCUT2D eigenvalue weighted by molar-refractivity contribution is 0.415. The van der Waals surface area contributed by atoms with Gasteiger partial charge in [-0.15, -0.1) is 0 Å². The number of methoxy groups -OCH3 is 1. The second-order valence-corrected chi connectivity index (χ2v) is 3.13. The number of nitrogens with two attached hydrogens (primary N) is 1. The van der Waals surface area contributed by atoms with E-state index in [1.165, 1.54) is 0 Å². The van der Waals surface area contributed by atoms with E-state index in [2.05, 4.69) is 4.98 Å². The molecule has 1 heterocycles. The fourth-order valence-corrected chi connectivity index (χ4v) is 1.50. The Kier molecular flexibility index (Phi) is 1.65. The first-order valence-electron chi connectivity index (χ1n) is 4.13. The Morgan fingerprint density at radius 3 is 2.77 bits per heavy atom. The van der Waals surface area contributed by atoms with E-state index >= 15 is 0 Å². The molecule has 2 rings (SSSR count). The molecular weight excluding hydrogens is 164 g/mol. The van der Waals surface area contributed by atoms with Crippen LogP contribution in [-0.2, 0) is 0 Å². The molecule has 0 radical (unpaired) electrons. The molecule has 3 heteroatoms. The lowest BCUT2D eigenvalue weighted by Crippen LogP contribution is -1.89. The molecule has 0 fully saturated rings. The molecule has 1 aromatic carbocycles. The van der Waals surface area contributed by atoms with Gasteiger partial charge in [0.2, 0.25) is 0 Å². The minimum atomic E-state index is 0.724. The second-order valence-electron chi connectivity index (χ2n) is 3.13. The predicted octanol–water partition coefficient (Wildman–Crippen LogP) is 2.07. The van der Waals surface area contributed by atoms with Gasteiger partial charge in [0.1, 0.15) is 5.75 Å². The number of ether oxygens (including phenoxy) is 1. The topological polar surface area (TPSA) is 51.0 Å². The summed E-state index contributed by atoms with van der Waals surface area (Å²) in [4.78, 5) is 3.20. The van der Waals surface area contributed by atoms with Crippen LogP contribution in [-0.4, -0.2) is 12.1 Å². The van der Waals surface area contributed by atoms with E-state index in [1.54, 1.807) is 7.11 Å². The van der Waals surface area contributed by atoms with Crippen LogP contribution >= 0.6 is 0 Å². The first-order valence-corrected chi connectivity index (χ1v) is 4.13. The van der Waals surface area contributed by atoms with Gasteiger partial charge in [-0.3, -0.25) is 0 Å². The summed E-state index contributed by atoms with van der Waals surface area (Å²) in [6.07, 6.45) is 0. The largest absolute Gasteiger partial charge is 0.497 e. The molecule has 0 spiro atoms. The van der Waals surface area contributed by atoms with Crippen LogP contribution < -0.4 is 10.5 Å². The number of nitrogen functional groups attached to an aromatic ring is 1. The van der Waals surface area contributed by atoms with Crippen molar-refractivity contribution in [1.82, 2.24) is 4.98 Å². The second kappa shape index (κ2) is 2.69. The van der Waals surface area contributed by atoms with Gasteiger partial charge in [0, 0.05) is 17.1 Å². The fourth-order valence-electron chi connectivity index (χ4n) is 1.50. The minimum Gasteiger partial charge on any atom is -0.497 e. The average Bonchev–Trinajstić information content (AvgIpc) is 2.46. The molecule has 0 bridgehead atoms. The highest BCUT2D eigenvalue weighted by Gasteiger charge is 2.03. The van der Waals surface area contributed by atoms with Crippen molar-refractivity contribution >= 4 is 16.6 Å². The monoisotopic (exact) mass is 176 g/mol. The number of rotatable bonds is 1. The van der Waals surface area contributed by atoms with E-state index in [4.69, 9.17) is 10.5 Å². The zero-order chi connectivity index (χ0) is 9.42. The van der Waals surface area contributed by atoms with Crippen LogP contribution in [0, 0.1) is 6.92 Å². The summed E-state index contributed by atoms with van der Waals surface area (Å²) in [7, 11) is 1.64. The molecule has 0 saturated carbocycles. The first-order chi connectivity index (χ1) is 6.20. The van der Waals surface area contributed by atoms with Gasteiger partial charge in [-0.1, -0.05) is 0 Å². The molecule has 2 aromatic rings. The lowest BCUT2D eigenvalue weighted by atomic mass is 10.2. The summed E-state index contributed by atoms with van der Waals surface area (Å²) in [6.45, 7) is 2.01. The molecule has 0 amide bonds. The Morgan fingerprint density at radius 1 is 1.31 bits per heavy atom. The average molecular weight is 176 g/mol. The minimum absolute atomic E-state index is 0.724. The van der Waals surface area contributed by atoms with Gasteiger partial charge in [0.25, 0.3) is 0 Å². The highest BCUT2D eigenvalue weighted by molar-refractivity contribution is 5.92. The standard InChI is InChI=1S/C10H12N2O/c1-6-3-7-4-8(13-2)5-9(11)10(7)12-6/h3-5,12H,11H2,1-2H3. The molecule has 0 aliphatic heterocycles. The molecule has 0 aliphatic carbocycles. The van der Waals surface area contributed by atoms with Gasteiger partial charge in [0.05, 0.1) is 18.3 Å². The van der Waals surface area contributed by atoms with E-state index in [9.17, 15) is 0 Å². The zero-order valence-electron chi connectivity index (χ0n) is 7.72. The number of anilines is 1. The van der Waals surface area contributed by atoms with Gasteiger partial charge in [-0.25, -0.2) is 0 Å². The van der Waals surface area contributed by atoms with Gasteiger partial charge >= 0.3 is 0 Å². The van der Waals surface area contributed by atoms with Gasteiger partial charge in [-0.2, -0.15) is 0 Å². The van der Waals surface area contributed by atoms with Crippen molar-refractivity contribution in [3.8, 4) is 5.75 Å². The van der Waals surface area contributed by atoms with E-state index in [-0.39, 0.29) is 0 Å². The third-order valence-corrected chi connectivity index (χ3v) is 2.10. The normalized spacial score (nSPS) is 10.6. The maximum atomic E-state index is 5.83. The number of nitrogens with one attached hydrogen (secondary N) is 1. The van der Waals surface area contributed by atoms with Crippen molar-refractivity contribution < 1.29 is 4.74 Å². The maximum absolute atomic E-state index is 5.83. The predicted molar refractivity (Wildman–Crippen MR) is 54.0 cm³/mol. The number of benzene rings is 1. The van der Waals surface area contributed by atoms with E-state index < -0.39 is 0 Å². The van der Waals surface area contributed by atoms with Crippen molar-refractivity contribution in [3.63, 3.8) is 0 Å². The maximum Gasteiger partial charge on any atom is 0.121 e. The van der Waals surface area contributed by atoms with Crippen molar-refractivity contribution in [3.05, 3.63) is 23.9 Å². The van der Waals surface area contributed by atoms with Gasteiger partial charge < -0.3 is 15.5 Å². The Morgan fingerprint density at radius 2 is 2.08 bits per heavy atom. The molecular formula is C10H12N2O. The third-order valence-electron chi connectivity index (χ3n) is 2.10. The van der Waals surface area contributed by atoms with Crippen molar-refractivity contribution in [1.29, 1.82) is 0 Å². The summed E-state index contributed by atoms with van der Waals surface area (Å²) in [5.41, 5.74) is 8.65. The van der Waals surface area contributed by atoms with E-state index in [0.717, 1.165) is 28.0 Å². The third kappa shape index (κ3) is 1.22. The van der Waals surface area contributed by atoms with Crippen molar-refractivity contribution in [2.45, 2.75) is 6.92 Å². The zero-order valence-corrected chi connectivity index (χ0v) is 7.72. The molecule has 68 valence electrons. The molecule has 0 unspecified atom stereocenters. The smallest absolute Gasteiger partial charge is 0.121 e. The number of hydrogen-bond donors (Lipinski definition) is 2. The number of H-pyrrole nitrogens is 1. The highest BCUT2D eigenvalue weighted by atomic mass is 16.5. The van der Waals surface area contributed by atoms with Crippen LogP contribution in [0.2, 0.25) is 0 Å². The molecule has 3 nitrogen and oxygen atoms in total. The van der Waals surface area contributed by atoms with Crippen LogP contribution in [0.1, 0.15) is 5.69 Å².